The summed E-state index contributed by atoms with van der Waals surface area (Å²) >= 11 is 0. The number of benzene rings is 2. The van der Waals surface area contributed by atoms with Crippen LogP contribution in [0.25, 0.3) is 0 Å². The van der Waals surface area contributed by atoms with Gasteiger partial charge in [-0.1, -0.05) is 24.3 Å². The minimum atomic E-state index is -0.428. The molecule has 3 rings (SSSR count). The van der Waals surface area contributed by atoms with Gasteiger partial charge in [-0.15, -0.1) is 0 Å². The van der Waals surface area contributed by atoms with Crippen LogP contribution in [0.4, 0.5) is 0 Å². The Morgan fingerprint density at radius 2 is 1.58 bits per heavy atom. The molecule has 0 radical (unpaired) electrons. The first-order valence-electron chi connectivity index (χ1n) is 10.6. The second kappa shape index (κ2) is 11.2. The van der Waals surface area contributed by atoms with Gasteiger partial charge in [0.2, 0.25) is 5.91 Å². The first kappa shape index (κ1) is 22.3. The second-order valence-electron chi connectivity index (χ2n) is 7.41. The zero-order valence-corrected chi connectivity index (χ0v) is 17.8. The Kier molecular flexibility index (Phi) is 8.04. The summed E-state index contributed by atoms with van der Waals surface area (Å²) in [6, 6.07) is 16.2. The summed E-state index contributed by atoms with van der Waals surface area (Å²) in [6.07, 6.45) is 1.79. The van der Waals surface area contributed by atoms with Crippen molar-refractivity contribution in [1.82, 2.24) is 9.80 Å². The van der Waals surface area contributed by atoms with Crippen LogP contribution in [0.15, 0.2) is 54.6 Å². The van der Waals surface area contributed by atoms with E-state index in [9.17, 15) is 14.4 Å². The SMILES string of the molecule is CC(=O)Oc1cccc(C(=O)N2CCCN(C(=O)CCCOc3ccccc3)CC2)c1. The summed E-state index contributed by atoms with van der Waals surface area (Å²) < 4.78 is 10.7. The maximum atomic E-state index is 12.9. The predicted molar refractivity (Wildman–Crippen MR) is 116 cm³/mol. The molecule has 1 saturated heterocycles. The topological polar surface area (TPSA) is 76.2 Å². The third kappa shape index (κ3) is 6.84. The van der Waals surface area contributed by atoms with E-state index in [0.29, 0.717) is 56.9 Å². The lowest BCUT2D eigenvalue weighted by atomic mass is 10.2. The third-order valence-electron chi connectivity index (χ3n) is 5.03. The van der Waals surface area contributed by atoms with Crippen molar-refractivity contribution in [1.29, 1.82) is 0 Å². The average molecular weight is 424 g/mol. The molecule has 0 atom stereocenters. The Bertz CT molecular complexity index is 900. The number of amides is 2. The van der Waals surface area contributed by atoms with Crippen molar-refractivity contribution in [3.63, 3.8) is 0 Å². The Morgan fingerprint density at radius 1 is 0.871 bits per heavy atom. The maximum Gasteiger partial charge on any atom is 0.308 e. The molecule has 2 amide bonds. The number of carbonyl (C=O) groups is 3. The summed E-state index contributed by atoms with van der Waals surface area (Å²) in [5.41, 5.74) is 0.469. The van der Waals surface area contributed by atoms with Gasteiger partial charge in [-0.05, 0) is 43.2 Å². The van der Waals surface area contributed by atoms with Gasteiger partial charge < -0.3 is 19.3 Å². The molecule has 7 nitrogen and oxygen atoms in total. The van der Waals surface area contributed by atoms with Crippen LogP contribution in [0.3, 0.4) is 0 Å². The van der Waals surface area contributed by atoms with Crippen molar-refractivity contribution in [3.05, 3.63) is 60.2 Å². The van der Waals surface area contributed by atoms with Crippen LogP contribution in [0.5, 0.6) is 11.5 Å². The normalized spacial score (nSPS) is 14.0. The average Bonchev–Trinajstić information content (AvgIpc) is 3.03. The quantitative estimate of drug-likeness (QED) is 0.388. The van der Waals surface area contributed by atoms with E-state index in [1.54, 1.807) is 29.2 Å². The highest BCUT2D eigenvalue weighted by molar-refractivity contribution is 5.94. The lowest BCUT2D eigenvalue weighted by molar-refractivity contribution is -0.132. The fourth-order valence-corrected chi connectivity index (χ4v) is 3.50. The number of hydrogen-bond acceptors (Lipinski definition) is 5. The Balaban J connectivity index is 1.46. The first-order valence-corrected chi connectivity index (χ1v) is 10.6. The van der Waals surface area contributed by atoms with Crippen LogP contribution < -0.4 is 9.47 Å². The van der Waals surface area contributed by atoms with Crippen LogP contribution in [0.1, 0.15) is 36.5 Å². The van der Waals surface area contributed by atoms with E-state index in [2.05, 4.69) is 0 Å². The molecule has 31 heavy (non-hydrogen) atoms. The van der Waals surface area contributed by atoms with Gasteiger partial charge in [0.15, 0.2) is 0 Å². The summed E-state index contributed by atoms with van der Waals surface area (Å²) in [4.78, 5) is 40.2. The van der Waals surface area contributed by atoms with E-state index in [1.165, 1.54) is 6.92 Å². The fourth-order valence-electron chi connectivity index (χ4n) is 3.50. The molecule has 0 saturated carbocycles. The smallest absolute Gasteiger partial charge is 0.308 e. The number of hydrogen-bond donors (Lipinski definition) is 0. The molecule has 0 N–H and O–H groups in total. The zero-order valence-electron chi connectivity index (χ0n) is 17.8. The fraction of sp³-hybridized carbons (Fsp3) is 0.375. The number of nitrogens with zero attached hydrogens (tertiary/aromatic N) is 2. The Morgan fingerprint density at radius 3 is 2.35 bits per heavy atom. The van der Waals surface area contributed by atoms with Crippen LogP contribution >= 0.6 is 0 Å². The van der Waals surface area contributed by atoms with Gasteiger partial charge in [0, 0.05) is 45.1 Å². The second-order valence-corrected chi connectivity index (χ2v) is 7.41. The molecule has 1 heterocycles. The minimum absolute atomic E-state index is 0.0859. The molecule has 2 aromatic rings. The van der Waals surface area contributed by atoms with E-state index >= 15 is 0 Å². The molecule has 7 heteroatoms. The number of carbonyl (C=O) groups excluding carboxylic acids is 3. The Labute approximate surface area is 182 Å². The van der Waals surface area contributed by atoms with Gasteiger partial charge in [0.05, 0.1) is 6.61 Å². The van der Waals surface area contributed by atoms with E-state index in [1.807, 2.05) is 35.2 Å². The summed E-state index contributed by atoms with van der Waals surface area (Å²) in [5.74, 6) is 0.685. The van der Waals surface area contributed by atoms with Crippen molar-refractivity contribution in [2.45, 2.75) is 26.2 Å². The number of para-hydroxylation sites is 1. The molecular weight excluding hydrogens is 396 g/mol. The molecule has 1 aliphatic heterocycles. The van der Waals surface area contributed by atoms with Crippen LogP contribution in [-0.2, 0) is 9.59 Å². The highest BCUT2D eigenvalue weighted by Gasteiger charge is 2.23. The summed E-state index contributed by atoms with van der Waals surface area (Å²) in [6.45, 7) is 4.01. The highest BCUT2D eigenvalue weighted by atomic mass is 16.5. The van der Waals surface area contributed by atoms with Gasteiger partial charge >= 0.3 is 5.97 Å². The highest BCUT2D eigenvalue weighted by Crippen LogP contribution is 2.17. The van der Waals surface area contributed by atoms with E-state index in [-0.39, 0.29) is 11.8 Å². The summed E-state index contributed by atoms with van der Waals surface area (Å²) in [7, 11) is 0. The molecule has 0 aromatic heterocycles. The van der Waals surface area contributed by atoms with Crippen LogP contribution in [0, 0.1) is 0 Å². The monoisotopic (exact) mass is 424 g/mol. The zero-order chi connectivity index (χ0) is 22.1. The van der Waals surface area contributed by atoms with Crippen molar-refractivity contribution in [3.8, 4) is 11.5 Å². The summed E-state index contributed by atoms with van der Waals surface area (Å²) in [5, 5.41) is 0. The first-order chi connectivity index (χ1) is 15.0. The van der Waals surface area contributed by atoms with Crippen molar-refractivity contribution in [2.75, 3.05) is 32.8 Å². The van der Waals surface area contributed by atoms with Gasteiger partial charge in [-0.25, -0.2) is 0 Å². The van der Waals surface area contributed by atoms with Crippen molar-refractivity contribution >= 4 is 17.8 Å². The molecule has 1 aliphatic rings. The minimum Gasteiger partial charge on any atom is -0.494 e. The van der Waals surface area contributed by atoms with E-state index < -0.39 is 5.97 Å². The van der Waals surface area contributed by atoms with Crippen molar-refractivity contribution in [2.24, 2.45) is 0 Å². The lowest BCUT2D eigenvalue weighted by Crippen LogP contribution is -2.37. The molecule has 0 spiro atoms. The van der Waals surface area contributed by atoms with Crippen molar-refractivity contribution < 1.29 is 23.9 Å². The van der Waals surface area contributed by atoms with Gasteiger partial charge in [0.1, 0.15) is 11.5 Å². The Hall–Kier alpha value is -3.35. The molecule has 1 fully saturated rings. The molecule has 2 aromatic carbocycles. The van der Waals surface area contributed by atoms with E-state index in [0.717, 1.165) is 12.2 Å². The predicted octanol–water partition coefficient (Wildman–Crippen LogP) is 3.15. The number of ether oxygens (including phenoxy) is 2. The molecule has 0 bridgehead atoms. The number of rotatable bonds is 7. The maximum absolute atomic E-state index is 12.9. The van der Waals surface area contributed by atoms with Crippen LogP contribution in [-0.4, -0.2) is 60.4 Å². The largest absolute Gasteiger partial charge is 0.494 e. The lowest BCUT2D eigenvalue weighted by Gasteiger charge is -2.22. The van der Waals surface area contributed by atoms with Gasteiger partial charge in [0.25, 0.3) is 5.91 Å². The van der Waals surface area contributed by atoms with E-state index in [4.69, 9.17) is 9.47 Å². The third-order valence-corrected chi connectivity index (χ3v) is 5.03. The number of esters is 1. The van der Waals surface area contributed by atoms with Gasteiger partial charge in [-0.3, -0.25) is 14.4 Å². The molecule has 0 unspecified atom stereocenters. The van der Waals surface area contributed by atoms with Gasteiger partial charge in [-0.2, -0.15) is 0 Å². The molecule has 164 valence electrons. The molecule has 0 aliphatic carbocycles. The standard InChI is InChI=1S/C24H28N2O5/c1-19(27)31-22-11-5-8-20(18-22)24(29)26-14-7-13-25(15-16-26)23(28)12-6-17-30-21-9-3-2-4-10-21/h2-5,8-11,18H,6-7,12-17H2,1H3. The van der Waals surface area contributed by atoms with Crippen LogP contribution in [0.2, 0.25) is 0 Å². The molecular formula is C24H28N2O5.